The lowest BCUT2D eigenvalue weighted by Crippen LogP contribution is -2.21. The van der Waals surface area contributed by atoms with Crippen LogP contribution in [-0.4, -0.2) is 34.4 Å². The van der Waals surface area contributed by atoms with Crippen LogP contribution >= 0.6 is 0 Å². The summed E-state index contributed by atoms with van der Waals surface area (Å²) in [4.78, 5) is 27.0. The topological polar surface area (TPSA) is 125 Å². The first kappa shape index (κ1) is 23.7. The van der Waals surface area contributed by atoms with Crippen molar-refractivity contribution in [3.05, 3.63) is 93.8 Å². The number of pyridine rings is 2. The van der Waals surface area contributed by atoms with Gasteiger partial charge < -0.3 is 10.8 Å². The Morgan fingerprint density at radius 3 is 2.72 bits per heavy atom. The van der Waals surface area contributed by atoms with E-state index in [0.717, 1.165) is 36.8 Å². The molecule has 39 heavy (non-hydrogen) atoms. The van der Waals surface area contributed by atoms with Crippen molar-refractivity contribution in [1.29, 1.82) is 0 Å². The first-order valence-corrected chi connectivity index (χ1v) is 13.1. The summed E-state index contributed by atoms with van der Waals surface area (Å²) in [6.45, 7) is -0.417. The minimum Gasteiger partial charge on any atom is -0.392 e. The maximum atomic E-state index is 15.1. The molecule has 2 fully saturated rings. The van der Waals surface area contributed by atoms with Crippen LogP contribution in [0.4, 0.5) is 10.2 Å². The quantitative estimate of drug-likeness (QED) is 0.330. The third-order valence-corrected chi connectivity index (χ3v) is 7.45. The zero-order chi connectivity index (χ0) is 26.7. The van der Waals surface area contributed by atoms with Gasteiger partial charge in [-0.25, -0.2) is 19.3 Å². The Labute approximate surface area is 222 Å². The Morgan fingerprint density at radius 2 is 1.95 bits per heavy atom. The minimum absolute atomic E-state index is 0.00157. The lowest BCUT2D eigenvalue weighted by atomic mass is 10.0. The molecule has 2 aliphatic carbocycles. The molecule has 2 saturated carbocycles. The number of nitrogen functional groups attached to an aromatic ring is 1. The maximum Gasteiger partial charge on any atom is 0.267 e. The number of hydrogen-bond donors (Lipinski definition) is 2. The van der Waals surface area contributed by atoms with Crippen LogP contribution in [-0.2, 0) is 13.0 Å². The van der Waals surface area contributed by atoms with Crippen molar-refractivity contribution in [3.8, 4) is 17.1 Å². The monoisotopic (exact) mass is 523 g/mol. The fourth-order valence-corrected chi connectivity index (χ4v) is 5.18. The summed E-state index contributed by atoms with van der Waals surface area (Å²) in [7, 11) is 0. The van der Waals surface area contributed by atoms with Crippen molar-refractivity contribution in [1.82, 2.24) is 29.3 Å². The standard InChI is InChI=1S/C29H26FN7O2/c30-23-11-19(17-1-2-17)10-18-6-8-36(29(39)27(18)23)28-22(15-38)21(5-7-32-28)24-12-25(31)35-26(34-24)9-16-13-33-37(14-16)20-3-4-20/h5-8,10-14,17,20,38H,1-4,9,15H2,(H2,31,34,35). The molecule has 0 spiro atoms. The number of aliphatic hydroxyl groups is 1. The minimum atomic E-state index is -0.548. The molecular formula is C29H26FN7O2. The lowest BCUT2D eigenvalue weighted by molar-refractivity contribution is 0.281. The zero-order valence-corrected chi connectivity index (χ0v) is 21.1. The van der Waals surface area contributed by atoms with Crippen LogP contribution in [0, 0.1) is 5.82 Å². The molecule has 0 unspecified atom stereocenters. The molecule has 9 nitrogen and oxygen atoms in total. The molecule has 0 amide bonds. The van der Waals surface area contributed by atoms with E-state index in [9.17, 15) is 9.90 Å². The molecule has 10 heteroatoms. The van der Waals surface area contributed by atoms with Crippen molar-refractivity contribution in [2.24, 2.45) is 0 Å². The van der Waals surface area contributed by atoms with Gasteiger partial charge in [0.2, 0.25) is 0 Å². The molecule has 0 aliphatic heterocycles. The second kappa shape index (κ2) is 9.09. The average Bonchev–Trinajstić information content (AvgIpc) is 3.86. The van der Waals surface area contributed by atoms with Gasteiger partial charge in [0.15, 0.2) is 0 Å². The molecular weight excluding hydrogens is 497 g/mol. The van der Waals surface area contributed by atoms with Gasteiger partial charge in [0.25, 0.3) is 5.56 Å². The van der Waals surface area contributed by atoms with E-state index < -0.39 is 18.0 Å². The smallest absolute Gasteiger partial charge is 0.267 e. The third-order valence-electron chi connectivity index (χ3n) is 7.45. The number of benzene rings is 1. The van der Waals surface area contributed by atoms with Crippen LogP contribution in [0.25, 0.3) is 27.8 Å². The molecule has 2 aliphatic rings. The molecule has 4 heterocycles. The van der Waals surface area contributed by atoms with Crippen LogP contribution in [0.3, 0.4) is 0 Å². The van der Waals surface area contributed by atoms with Gasteiger partial charge >= 0.3 is 0 Å². The predicted octanol–water partition coefficient (Wildman–Crippen LogP) is 4.06. The number of aromatic nitrogens is 6. The van der Waals surface area contributed by atoms with Gasteiger partial charge in [-0.15, -0.1) is 0 Å². The van der Waals surface area contributed by atoms with Crippen molar-refractivity contribution in [2.75, 3.05) is 5.73 Å². The lowest BCUT2D eigenvalue weighted by Gasteiger charge is -2.15. The van der Waals surface area contributed by atoms with Crippen molar-refractivity contribution in [3.63, 3.8) is 0 Å². The average molecular weight is 524 g/mol. The fourth-order valence-electron chi connectivity index (χ4n) is 5.18. The zero-order valence-electron chi connectivity index (χ0n) is 21.1. The summed E-state index contributed by atoms with van der Waals surface area (Å²) in [5.41, 5.74) is 8.94. The second-order valence-electron chi connectivity index (χ2n) is 10.4. The van der Waals surface area contributed by atoms with E-state index in [0.29, 0.717) is 46.4 Å². The van der Waals surface area contributed by atoms with Gasteiger partial charge in [-0.2, -0.15) is 5.10 Å². The molecule has 1 aromatic carbocycles. The Kier molecular flexibility index (Phi) is 5.52. The normalized spacial score (nSPS) is 15.2. The molecule has 196 valence electrons. The van der Waals surface area contributed by atoms with E-state index in [1.54, 1.807) is 24.4 Å². The molecule has 0 bridgehead atoms. The summed E-state index contributed by atoms with van der Waals surface area (Å²) in [5.74, 6) is 0.818. The Balaban J connectivity index is 1.29. The van der Waals surface area contributed by atoms with E-state index in [2.05, 4.69) is 15.1 Å². The van der Waals surface area contributed by atoms with Crippen LogP contribution in [0.15, 0.2) is 59.9 Å². The van der Waals surface area contributed by atoms with E-state index >= 15 is 4.39 Å². The Bertz CT molecular complexity index is 1800. The van der Waals surface area contributed by atoms with Gasteiger partial charge in [-0.05, 0) is 66.3 Å². The highest BCUT2D eigenvalue weighted by molar-refractivity contribution is 5.83. The van der Waals surface area contributed by atoms with Crippen molar-refractivity contribution in [2.45, 2.75) is 50.7 Å². The highest BCUT2D eigenvalue weighted by atomic mass is 19.1. The molecule has 3 N–H and O–H groups in total. The number of aliphatic hydroxyl groups excluding tert-OH is 1. The highest BCUT2D eigenvalue weighted by Crippen LogP contribution is 2.41. The largest absolute Gasteiger partial charge is 0.392 e. The maximum absolute atomic E-state index is 15.1. The second-order valence-corrected chi connectivity index (χ2v) is 10.4. The fraction of sp³-hybridized carbons (Fsp3) is 0.276. The summed E-state index contributed by atoms with van der Waals surface area (Å²) in [6, 6.07) is 8.87. The third kappa shape index (κ3) is 4.36. The summed E-state index contributed by atoms with van der Waals surface area (Å²) in [6.07, 6.45) is 11.7. The summed E-state index contributed by atoms with van der Waals surface area (Å²) >= 11 is 0. The highest BCUT2D eigenvalue weighted by Gasteiger charge is 2.26. The van der Waals surface area contributed by atoms with Gasteiger partial charge in [0.05, 0.1) is 29.9 Å². The number of fused-ring (bicyclic) bond motifs is 1. The molecule has 7 rings (SSSR count). The summed E-state index contributed by atoms with van der Waals surface area (Å²) < 4.78 is 18.4. The van der Waals surface area contributed by atoms with Crippen molar-refractivity contribution < 1.29 is 9.50 Å². The van der Waals surface area contributed by atoms with Crippen LogP contribution in [0.2, 0.25) is 0 Å². The Hall–Kier alpha value is -4.44. The number of rotatable bonds is 7. The number of anilines is 1. The van der Waals surface area contributed by atoms with E-state index in [1.807, 2.05) is 23.1 Å². The summed E-state index contributed by atoms with van der Waals surface area (Å²) in [5, 5.41) is 15.4. The Morgan fingerprint density at radius 1 is 1.10 bits per heavy atom. The first-order valence-electron chi connectivity index (χ1n) is 13.1. The number of hydrogen-bond acceptors (Lipinski definition) is 7. The SMILES string of the molecule is Nc1cc(-c2ccnc(-n3ccc4cc(C5CC5)cc(F)c4c3=O)c2CO)nc(Cc2cnn(C3CC3)c2)n1. The van der Waals surface area contributed by atoms with Crippen LogP contribution in [0.1, 0.15) is 60.2 Å². The predicted molar refractivity (Wildman–Crippen MR) is 144 cm³/mol. The van der Waals surface area contributed by atoms with E-state index in [1.165, 1.54) is 16.8 Å². The van der Waals surface area contributed by atoms with Gasteiger partial charge in [-0.3, -0.25) is 14.0 Å². The van der Waals surface area contributed by atoms with E-state index in [-0.39, 0.29) is 17.0 Å². The molecule has 0 saturated heterocycles. The van der Waals surface area contributed by atoms with E-state index in [4.69, 9.17) is 10.7 Å². The number of nitrogens with zero attached hydrogens (tertiary/aromatic N) is 6. The van der Waals surface area contributed by atoms with Gasteiger partial charge in [0.1, 0.15) is 23.3 Å². The van der Waals surface area contributed by atoms with Gasteiger partial charge in [0, 0.05) is 42.2 Å². The van der Waals surface area contributed by atoms with Crippen molar-refractivity contribution >= 4 is 16.6 Å². The number of halogens is 1. The molecule has 4 aromatic heterocycles. The van der Waals surface area contributed by atoms with Gasteiger partial charge in [-0.1, -0.05) is 6.07 Å². The van der Waals surface area contributed by atoms with Crippen LogP contribution in [0.5, 0.6) is 0 Å². The molecule has 5 aromatic rings. The van der Waals surface area contributed by atoms with Crippen LogP contribution < -0.4 is 11.3 Å². The first-order chi connectivity index (χ1) is 19.0. The molecule has 0 radical (unpaired) electrons. The molecule has 0 atom stereocenters. The number of nitrogens with two attached hydrogens (primary N) is 1.